The molecule has 2 aliphatic rings. The molecule has 2 rings (SSSR count). The summed E-state index contributed by atoms with van der Waals surface area (Å²) in [4.78, 5) is 0. The van der Waals surface area contributed by atoms with Gasteiger partial charge in [-0.25, -0.2) is 0 Å². The first-order valence-electron chi connectivity index (χ1n) is 7.85. The molecule has 18 heavy (non-hydrogen) atoms. The number of hydrogen-bond donors (Lipinski definition) is 3. The Hall–Kier alpha value is -0.120. The summed E-state index contributed by atoms with van der Waals surface area (Å²) in [6, 6.07) is 0.861. The van der Waals surface area contributed by atoms with Gasteiger partial charge in [0, 0.05) is 11.6 Å². The Morgan fingerprint density at radius 3 is 2.06 bits per heavy atom. The van der Waals surface area contributed by atoms with Crippen LogP contribution in [0.25, 0.3) is 0 Å². The number of nitrogens with one attached hydrogen (secondary N) is 2. The minimum absolute atomic E-state index is 0.0920. The molecule has 0 spiro atoms. The van der Waals surface area contributed by atoms with Crippen molar-refractivity contribution < 1.29 is 5.11 Å². The lowest BCUT2D eigenvalue weighted by molar-refractivity contribution is 0.166. The monoisotopic (exact) mass is 256 g/mol. The minimum atomic E-state index is 0.0920. The molecular weight excluding hydrogens is 224 g/mol. The normalized spacial score (nSPS) is 22.8. The summed E-state index contributed by atoms with van der Waals surface area (Å²) in [5.41, 5.74) is 0.0920. The van der Waals surface area contributed by atoms with Crippen LogP contribution < -0.4 is 10.6 Å². The van der Waals surface area contributed by atoms with Crippen molar-refractivity contribution in [3.05, 3.63) is 0 Å². The molecule has 0 aromatic rings. The van der Waals surface area contributed by atoms with Crippen LogP contribution in [0.5, 0.6) is 0 Å². The van der Waals surface area contributed by atoms with E-state index in [2.05, 4.69) is 24.5 Å². The summed E-state index contributed by atoms with van der Waals surface area (Å²) < 4.78 is 0. The lowest BCUT2D eigenvalue weighted by atomic mass is 9.99. The molecule has 0 aliphatic heterocycles. The van der Waals surface area contributed by atoms with Gasteiger partial charge in [-0.1, -0.05) is 39.5 Å². The largest absolute Gasteiger partial charge is 0.394 e. The van der Waals surface area contributed by atoms with Crippen LogP contribution in [0.3, 0.4) is 0 Å². The molecule has 0 unspecified atom stereocenters. The highest BCUT2D eigenvalue weighted by molar-refractivity contribution is 4.91. The zero-order valence-electron chi connectivity index (χ0n) is 12.3. The summed E-state index contributed by atoms with van der Waals surface area (Å²) in [5.74, 6) is 0. The van der Waals surface area contributed by atoms with Crippen molar-refractivity contribution >= 4 is 0 Å². The van der Waals surface area contributed by atoms with Crippen molar-refractivity contribution in [2.45, 2.75) is 76.8 Å². The predicted octanol–water partition coefficient (Wildman–Crippen LogP) is 2.44. The highest BCUT2D eigenvalue weighted by Crippen LogP contribution is 2.28. The second kappa shape index (κ2) is 8.89. The van der Waals surface area contributed by atoms with Gasteiger partial charge in [0.2, 0.25) is 0 Å². The molecule has 0 aromatic heterocycles. The second-order valence-corrected chi connectivity index (χ2v) is 5.71. The number of rotatable bonds is 5. The van der Waals surface area contributed by atoms with Crippen molar-refractivity contribution in [1.29, 1.82) is 0 Å². The summed E-state index contributed by atoms with van der Waals surface area (Å²) >= 11 is 0. The molecule has 2 aliphatic carbocycles. The van der Waals surface area contributed by atoms with E-state index in [4.69, 9.17) is 5.11 Å². The quantitative estimate of drug-likeness (QED) is 0.708. The lowest BCUT2D eigenvalue weighted by Crippen LogP contribution is -2.45. The van der Waals surface area contributed by atoms with E-state index < -0.39 is 0 Å². The summed E-state index contributed by atoms with van der Waals surface area (Å²) in [5, 5.41) is 15.9. The molecule has 2 saturated carbocycles. The molecule has 0 bridgehead atoms. The van der Waals surface area contributed by atoms with Gasteiger partial charge in [0.25, 0.3) is 0 Å². The third-order valence-corrected chi connectivity index (χ3v) is 4.26. The molecule has 0 saturated heterocycles. The fraction of sp³-hybridized carbons (Fsp3) is 1.00. The molecular formula is C15H32N2O. The number of likely N-dealkylation sites (N-methyl/N-ethyl adjacent to an activating group) is 1. The van der Waals surface area contributed by atoms with Crippen LogP contribution in [-0.2, 0) is 0 Å². The van der Waals surface area contributed by atoms with Crippen molar-refractivity contribution in [2.75, 3.05) is 19.7 Å². The molecule has 0 heterocycles. The molecule has 0 atom stereocenters. The Morgan fingerprint density at radius 2 is 1.61 bits per heavy atom. The third kappa shape index (κ3) is 5.25. The first kappa shape index (κ1) is 15.9. The van der Waals surface area contributed by atoms with Gasteiger partial charge in [-0.3, -0.25) is 0 Å². The van der Waals surface area contributed by atoms with Crippen LogP contribution in [0.4, 0.5) is 0 Å². The molecule has 108 valence electrons. The van der Waals surface area contributed by atoms with E-state index in [1.54, 1.807) is 0 Å². The molecule has 3 N–H and O–H groups in total. The van der Waals surface area contributed by atoms with E-state index in [1.165, 1.54) is 38.5 Å². The standard InChI is InChI=1S/C8H17NO.C7H15N/c1-2-9-8(7-10)5-3-4-6-8;1-2-8-7-5-3-4-6-7/h9-10H,2-7H2,1H3;7-8H,2-6H2,1H3. The van der Waals surface area contributed by atoms with Crippen molar-refractivity contribution in [1.82, 2.24) is 10.6 Å². The zero-order chi connectivity index (χ0) is 13.3. The van der Waals surface area contributed by atoms with E-state index in [1.807, 2.05) is 0 Å². The Bertz CT molecular complexity index is 197. The van der Waals surface area contributed by atoms with Gasteiger partial charge in [0.05, 0.1) is 6.61 Å². The van der Waals surface area contributed by atoms with Crippen LogP contribution in [0, 0.1) is 0 Å². The fourth-order valence-corrected chi connectivity index (χ4v) is 3.24. The highest BCUT2D eigenvalue weighted by atomic mass is 16.3. The third-order valence-electron chi connectivity index (χ3n) is 4.26. The Kier molecular flexibility index (Phi) is 7.87. The predicted molar refractivity (Wildman–Crippen MR) is 77.9 cm³/mol. The Balaban J connectivity index is 0.000000184. The highest BCUT2D eigenvalue weighted by Gasteiger charge is 2.31. The number of hydrogen-bond acceptors (Lipinski definition) is 3. The average Bonchev–Trinajstić information content (AvgIpc) is 3.03. The number of aliphatic hydroxyl groups excluding tert-OH is 1. The van der Waals surface area contributed by atoms with Crippen LogP contribution in [0.15, 0.2) is 0 Å². The first-order valence-corrected chi connectivity index (χ1v) is 7.85. The summed E-state index contributed by atoms with van der Waals surface area (Å²) in [7, 11) is 0. The van der Waals surface area contributed by atoms with Gasteiger partial charge < -0.3 is 15.7 Å². The van der Waals surface area contributed by atoms with Gasteiger partial charge in [0.1, 0.15) is 0 Å². The molecule has 3 nitrogen and oxygen atoms in total. The van der Waals surface area contributed by atoms with Crippen molar-refractivity contribution in [3.8, 4) is 0 Å². The smallest absolute Gasteiger partial charge is 0.0613 e. The summed E-state index contributed by atoms with van der Waals surface area (Å²) in [6.45, 7) is 6.69. The maximum absolute atomic E-state index is 9.09. The van der Waals surface area contributed by atoms with E-state index in [9.17, 15) is 0 Å². The zero-order valence-corrected chi connectivity index (χ0v) is 12.3. The average molecular weight is 256 g/mol. The Morgan fingerprint density at radius 1 is 1.00 bits per heavy atom. The topological polar surface area (TPSA) is 44.3 Å². The number of aliphatic hydroxyl groups is 1. The van der Waals surface area contributed by atoms with Crippen molar-refractivity contribution in [2.24, 2.45) is 0 Å². The lowest BCUT2D eigenvalue weighted by Gasteiger charge is -2.27. The van der Waals surface area contributed by atoms with E-state index in [0.29, 0.717) is 6.61 Å². The Labute approximate surface area is 113 Å². The summed E-state index contributed by atoms with van der Waals surface area (Å²) in [6.07, 6.45) is 10.5. The van der Waals surface area contributed by atoms with Crippen LogP contribution >= 0.6 is 0 Å². The van der Waals surface area contributed by atoms with Gasteiger partial charge >= 0.3 is 0 Å². The van der Waals surface area contributed by atoms with Gasteiger partial charge in [0.15, 0.2) is 0 Å². The maximum Gasteiger partial charge on any atom is 0.0613 e. The molecule has 3 heteroatoms. The molecule has 2 fully saturated rings. The van der Waals surface area contributed by atoms with Gasteiger partial charge in [-0.05, 0) is 38.8 Å². The van der Waals surface area contributed by atoms with Gasteiger partial charge in [-0.2, -0.15) is 0 Å². The maximum atomic E-state index is 9.09. The van der Waals surface area contributed by atoms with Gasteiger partial charge in [-0.15, -0.1) is 0 Å². The molecule has 0 radical (unpaired) electrons. The molecule has 0 aromatic carbocycles. The second-order valence-electron chi connectivity index (χ2n) is 5.71. The minimum Gasteiger partial charge on any atom is -0.394 e. The van der Waals surface area contributed by atoms with Crippen LogP contribution in [0.2, 0.25) is 0 Å². The van der Waals surface area contributed by atoms with E-state index in [0.717, 1.165) is 32.0 Å². The fourth-order valence-electron chi connectivity index (χ4n) is 3.24. The van der Waals surface area contributed by atoms with Crippen molar-refractivity contribution in [3.63, 3.8) is 0 Å². The van der Waals surface area contributed by atoms with E-state index in [-0.39, 0.29) is 5.54 Å². The van der Waals surface area contributed by atoms with Crippen LogP contribution in [0.1, 0.15) is 65.2 Å². The first-order chi connectivity index (χ1) is 8.76. The SMILES string of the molecule is CCNC1(CO)CCCC1.CCNC1CCCC1. The van der Waals surface area contributed by atoms with Crippen LogP contribution in [-0.4, -0.2) is 36.4 Å². The van der Waals surface area contributed by atoms with E-state index >= 15 is 0 Å². The molecule has 0 amide bonds.